The number of ether oxygens (including phenoxy) is 1. The third kappa shape index (κ3) is 3.20. The summed E-state index contributed by atoms with van der Waals surface area (Å²) in [7, 11) is 0. The van der Waals surface area contributed by atoms with Crippen LogP contribution in [0.4, 0.5) is 5.95 Å². The van der Waals surface area contributed by atoms with E-state index in [1.165, 1.54) is 0 Å². The summed E-state index contributed by atoms with van der Waals surface area (Å²) >= 11 is 12.2. The number of hydrogen-bond donors (Lipinski definition) is 4. The fourth-order valence-corrected chi connectivity index (χ4v) is 3.70. The van der Waals surface area contributed by atoms with E-state index in [0.717, 1.165) is 5.39 Å². The molecule has 8 nitrogen and oxygen atoms in total. The number of benzene rings is 1. The van der Waals surface area contributed by atoms with Crippen molar-refractivity contribution in [3.8, 4) is 0 Å². The summed E-state index contributed by atoms with van der Waals surface area (Å²) in [5, 5.41) is 34.9. The van der Waals surface area contributed by atoms with E-state index in [2.05, 4.69) is 15.3 Å². The molecule has 0 unspecified atom stereocenters. The normalized spacial score (nSPS) is 25.3. The first kappa shape index (κ1) is 19.6. The summed E-state index contributed by atoms with van der Waals surface area (Å²) in [5.74, 6) is 0.430. The summed E-state index contributed by atoms with van der Waals surface area (Å²) < 4.78 is 7.31. The lowest BCUT2D eigenvalue weighted by molar-refractivity contribution is -0.0501. The molecule has 4 atom stereocenters. The van der Waals surface area contributed by atoms with Crippen molar-refractivity contribution >= 4 is 51.2 Å². The van der Waals surface area contributed by atoms with E-state index in [9.17, 15) is 15.3 Å². The van der Waals surface area contributed by atoms with Gasteiger partial charge in [-0.3, -0.25) is 4.57 Å². The Balaban J connectivity index is 1.94. The molecule has 150 valence electrons. The zero-order chi connectivity index (χ0) is 20.2. The second kappa shape index (κ2) is 7.29. The minimum Gasteiger partial charge on any atom is -0.394 e. The molecular weight excluding hydrogens is 407 g/mol. The highest BCUT2D eigenvalue weighted by molar-refractivity contribution is 6.42. The molecule has 0 spiro atoms. The summed E-state index contributed by atoms with van der Waals surface area (Å²) in [6.45, 7) is 3.48. The van der Waals surface area contributed by atoms with Gasteiger partial charge in [0.15, 0.2) is 11.9 Å². The van der Waals surface area contributed by atoms with Crippen LogP contribution < -0.4 is 5.32 Å². The van der Waals surface area contributed by atoms with Crippen molar-refractivity contribution in [1.29, 1.82) is 0 Å². The van der Waals surface area contributed by atoms with Crippen LogP contribution in [0, 0.1) is 0 Å². The van der Waals surface area contributed by atoms with Crippen molar-refractivity contribution in [3.63, 3.8) is 0 Å². The number of pyridine rings is 1. The average Bonchev–Trinajstić information content (AvgIpc) is 3.10. The van der Waals surface area contributed by atoms with E-state index in [-0.39, 0.29) is 6.04 Å². The monoisotopic (exact) mass is 426 g/mol. The average molecular weight is 427 g/mol. The molecule has 2 aromatic heterocycles. The van der Waals surface area contributed by atoms with Gasteiger partial charge in [-0.15, -0.1) is 0 Å². The Morgan fingerprint density at radius 3 is 2.46 bits per heavy atom. The fourth-order valence-electron chi connectivity index (χ4n) is 3.37. The Morgan fingerprint density at radius 2 is 1.82 bits per heavy atom. The third-order valence-corrected chi connectivity index (χ3v) is 5.41. The summed E-state index contributed by atoms with van der Waals surface area (Å²) in [4.78, 5) is 9.23. The van der Waals surface area contributed by atoms with Crippen LogP contribution in [0.3, 0.4) is 0 Å². The molecule has 4 N–H and O–H groups in total. The Hall–Kier alpha value is -1.68. The molecule has 0 bridgehead atoms. The zero-order valence-corrected chi connectivity index (χ0v) is 16.7. The van der Waals surface area contributed by atoms with Gasteiger partial charge in [-0.25, -0.2) is 9.97 Å². The van der Waals surface area contributed by atoms with Gasteiger partial charge < -0.3 is 25.4 Å². The smallest absolute Gasteiger partial charge is 0.207 e. The van der Waals surface area contributed by atoms with Gasteiger partial charge in [0.2, 0.25) is 5.95 Å². The molecule has 1 saturated heterocycles. The molecule has 1 aliphatic heterocycles. The maximum Gasteiger partial charge on any atom is 0.207 e. The zero-order valence-electron chi connectivity index (χ0n) is 15.2. The Labute approximate surface area is 170 Å². The lowest BCUT2D eigenvalue weighted by Gasteiger charge is -2.20. The van der Waals surface area contributed by atoms with Crippen LogP contribution in [0.1, 0.15) is 20.1 Å². The number of nitrogens with one attached hydrogen (secondary N) is 1. The third-order valence-electron chi connectivity index (χ3n) is 4.69. The number of nitrogens with zero attached hydrogens (tertiary/aromatic N) is 3. The van der Waals surface area contributed by atoms with E-state index in [1.54, 1.807) is 16.7 Å². The number of anilines is 1. The highest BCUT2D eigenvalue weighted by Crippen LogP contribution is 2.36. The minimum atomic E-state index is -1.26. The van der Waals surface area contributed by atoms with Crippen LogP contribution >= 0.6 is 23.2 Å². The van der Waals surface area contributed by atoms with E-state index in [0.29, 0.717) is 32.7 Å². The molecule has 1 aromatic carbocycles. The van der Waals surface area contributed by atoms with Crippen LogP contribution in [0.25, 0.3) is 22.1 Å². The first-order valence-corrected chi connectivity index (χ1v) is 9.62. The molecule has 0 saturated carbocycles. The second-order valence-corrected chi connectivity index (χ2v) is 7.94. The molecule has 10 heteroatoms. The lowest BCUT2D eigenvalue weighted by atomic mass is 10.1. The van der Waals surface area contributed by atoms with Crippen molar-refractivity contribution in [2.24, 2.45) is 0 Å². The quantitative estimate of drug-likeness (QED) is 0.506. The molecule has 1 fully saturated rings. The van der Waals surface area contributed by atoms with Gasteiger partial charge in [0, 0.05) is 11.4 Å². The number of hydrogen-bond acceptors (Lipinski definition) is 7. The maximum atomic E-state index is 10.5. The number of fused-ring (bicyclic) bond motifs is 2. The first-order valence-electron chi connectivity index (χ1n) is 8.87. The number of aromatic nitrogens is 3. The van der Waals surface area contributed by atoms with Crippen LogP contribution in [0.15, 0.2) is 18.2 Å². The van der Waals surface area contributed by atoms with Crippen molar-refractivity contribution in [1.82, 2.24) is 14.5 Å². The standard InChI is InChI=1S/C18H20Cl2N4O4/c1-7(2)21-18-23-12-4-8-3-9(19)10(20)5-11(8)22-16(12)24(18)17-15(27)14(26)13(6-25)28-17/h3-5,7,13-15,17,25-27H,6H2,1-2H3,(H,21,23)/t13-,14-,15-,17-/m1/s1. The van der Waals surface area contributed by atoms with Crippen molar-refractivity contribution in [3.05, 3.63) is 28.2 Å². The predicted octanol–water partition coefficient (Wildman–Crippen LogP) is 2.32. The summed E-state index contributed by atoms with van der Waals surface area (Å²) in [5.41, 5.74) is 1.61. The topological polar surface area (TPSA) is 113 Å². The number of rotatable bonds is 4. The van der Waals surface area contributed by atoms with Crippen molar-refractivity contribution in [2.75, 3.05) is 11.9 Å². The maximum absolute atomic E-state index is 10.5. The molecule has 0 amide bonds. The van der Waals surface area contributed by atoms with Gasteiger partial charge in [0.1, 0.15) is 23.8 Å². The van der Waals surface area contributed by atoms with E-state index < -0.39 is 31.1 Å². The summed E-state index contributed by atoms with van der Waals surface area (Å²) in [6, 6.07) is 5.24. The number of imidazole rings is 1. The number of aliphatic hydroxyl groups is 3. The van der Waals surface area contributed by atoms with Crippen LogP contribution in [0.2, 0.25) is 10.0 Å². The molecule has 3 aromatic rings. The van der Waals surface area contributed by atoms with Gasteiger partial charge in [-0.1, -0.05) is 23.2 Å². The summed E-state index contributed by atoms with van der Waals surface area (Å²) in [6.07, 6.45) is -4.36. The first-order chi connectivity index (χ1) is 13.3. The minimum absolute atomic E-state index is 0.0472. The molecule has 0 aliphatic carbocycles. The van der Waals surface area contributed by atoms with Gasteiger partial charge >= 0.3 is 0 Å². The SMILES string of the molecule is CC(C)Nc1nc2cc3cc(Cl)c(Cl)cc3nc2n1[C@@H]1O[C@H](CO)[C@@H](O)[C@H]1O. The highest BCUT2D eigenvalue weighted by atomic mass is 35.5. The van der Waals surface area contributed by atoms with E-state index in [4.69, 9.17) is 27.9 Å². The Morgan fingerprint density at radius 1 is 1.11 bits per heavy atom. The van der Waals surface area contributed by atoms with Crippen molar-refractivity contribution < 1.29 is 20.1 Å². The molecular formula is C18H20Cl2N4O4. The fraction of sp³-hybridized carbons (Fsp3) is 0.444. The van der Waals surface area contributed by atoms with Gasteiger partial charge in [-0.05, 0) is 32.0 Å². The number of aliphatic hydroxyl groups excluding tert-OH is 3. The second-order valence-electron chi connectivity index (χ2n) is 7.12. The van der Waals surface area contributed by atoms with E-state index in [1.807, 2.05) is 19.9 Å². The molecule has 3 heterocycles. The molecule has 4 rings (SSSR count). The molecule has 1 aliphatic rings. The van der Waals surface area contributed by atoms with Gasteiger partial charge in [-0.2, -0.15) is 0 Å². The Bertz CT molecular complexity index is 1040. The largest absolute Gasteiger partial charge is 0.394 e. The highest BCUT2D eigenvalue weighted by Gasteiger charge is 2.45. The van der Waals surface area contributed by atoms with Gasteiger partial charge in [0.25, 0.3) is 0 Å². The predicted molar refractivity (Wildman–Crippen MR) is 107 cm³/mol. The van der Waals surface area contributed by atoms with Crippen LogP contribution in [-0.2, 0) is 4.74 Å². The van der Waals surface area contributed by atoms with E-state index >= 15 is 0 Å². The number of halogens is 2. The Kier molecular flexibility index (Phi) is 5.11. The molecule has 28 heavy (non-hydrogen) atoms. The molecule has 0 radical (unpaired) electrons. The lowest BCUT2D eigenvalue weighted by Crippen LogP contribution is -2.33. The van der Waals surface area contributed by atoms with Gasteiger partial charge in [0.05, 0.1) is 22.2 Å². The van der Waals surface area contributed by atoms with Crippen LogP contribution in [-0.4, -0.2) is 60.8 Å². The van der Waals surface area contributed by atoms with Crippen molar-refractivity contribution in [2.45, 2.75) is 44.4 Å². The van der Waals surface area contributed by atoms with Crippen LogP contribution in [0.5, 0.6) is 0 Å².